The van der Waals surface area contributed by atoms with E-state index in [1.165, 1.54) is 4.57 Å². The fraction of sp³-hybridized carbons (Fsp3) is 0.240. The number of nitrogens with zero attached hydrogens (tertiary/aromatic N) is 5. The first kappa shape index (κ1) is 21.7. The molecule has 0 fully saturated rings. The van der Waals surface area contributed by atoms with Crippen LogP contribution in [0.5, 0.6) is 5.75 Å². The summed E-state index contributed by atoms with van der Waals surface area (Å²) < 4.78 is 11.9. The lowest BCUT2D eigenvalue weighted by Gasteiger charge is -2.14. The van der Waals surface area contributed by atoms with Gasteiger partial charge in [0.2, 0.25) is 5.78 Å². The van der Waals surface area contributed by atoms with E-state index < -0.39 is 11.2 Å². The first-order chi connectivity index (χ1) is 16.5. The molecule has 0 amide bonds. The Hall–Kier alpha value is -4.11. The minimum Gasteiger partial charge on any atom is -0.495 e. The summed E-state index contributed by atoms with van der Waals surface area (Å²) in [6.07, 6.45) is 2.17. The SMILES string of the molecule is COc1ccc(C)cc1-n1c(-c2ccccc2)cn2c3c(=O)n(CCCO)c(=O)n(C)c3nc12. The zero-order valence-electron chi connectivity index (χ0n) is 19.2. The molecule has 34 heavy (non-hydrogen) atoms. The minimum atomic E-state index is -0.463. The Morgan fingerprint density at radius 3 is 2.56 bits per heavy atom. The van der Waals surface area contributed by atoms with Crippen LogP contribution in [0.15, 0.2) is 64.3 Å². The van der Waals surface area contributed by atoms with Crippen LogP contribution in [0.2, 0.25) is 0 Å². The van der Waals surface area contributed by atoms with E-state index in [9.17, 15) is 14.7 Å². The van der Waals surface area contributed by atoms with Crippen molar-refractivity contribution in [2.45, 2.75) is 19.9 Å². The van der Waals surface area contributed by atoms with Gasteiger partial charge in [-0.3, -0.25) is 22.9 Å². The molecule has 0 radical (unpaired) electrons. The topological polar surface area (TPSA) is 95.7 Å². The van der Waals surface area contributed by atoms with E-state index in [-0.39, 0.29) is 13.2 Å². The standard InChI is InChI=1S/C25H25N5O4/c1-16-10-11-20(34-3)18(14-16)30-19(17-8-5-4-6-9-17)15-29-21-22(26-24(29)30)27(2)25(33)28(23(21)32)12-7-13-31/h4-6,8-11,14-15,31H,7,12-13H2,1-3H3. The molecule has 9 heteroatoms. The summed E-state index contributed by atoms with van der Waals surface area (Å²) in [6, 6.07) is 15.7. The van der Waals surface area contributed by atoms with Gasteiger partial charge in [-0.15, -0.1) is 0 Å². The molecule has 1 N–H and O–H groups in total. The van der Waals surface area contributed by atoms with Crippen LogP contribution in [0.4, 0.5) is 0 Å². The van der Waals surface area contributed by atoms with Crippen molar-refractivity contribution in [1.82, 2.24) is 23.1 Å². The molecule has 9 nitrogen and oxygen atoms in total. The quantitative estimate of drug-likeness (QED) is 0.421. The fourth-order valence-corrected chi connectivity index (χ4v) is 4.35. The highest BCUT2D eigenvalue weighted by Crippen LogP contribution is 2.33. The summed E-state index contributed by atoms with van der Waals surface area (Å²) >= 11 is 0. The number of methoxy groups -OCH3 is 1. The Kier molecular flexibility index (Phi) is 5.33. The monoisotopic (exact) mass is 459 g/mol. The molecule has 3 aromatic heterocycles. The Bertz CT molecular complexity index is 1640. The van der Waals surface area contributed by atoms with Crippen molar-refractivity contribution >= 4 is 16.9 Å². The van der Waals surface area contributed by atoms with Gasteiger partial charge in [-0.1, -0.05) is 36.4 Å². The number of imidazole rings is 2. The van der Waals surface area contributed by atoms with Gasteiger partial charge in [0.05, 0.1) is 18.5 Å². The van der Waals surface area contributed by atoms with E-state index >= 15 is 0 Å². The second kappa shape index (κ2) is 8.35. The van der Waals surface area contributed by atoms with E-state index in [2.05, 4.69) is 0 Å². The normalized spacial score (nSPS) is 11.5. The molecule has 0 saturated heterocycles. The molecule has 0 atom stereocenters. The van der Waals surface area contributed by atoms with Crippen LogP contribution in [-0.4, -0.2) is 41.9 Å². The average molecular weight is 460 g/mol. The number of aryl methyl sites for hydroxylation is 2. The van der Waals surface area contributed by atoms with Crippen LogP contribution >= 0.6 is 0 Å². The van der Waals surface area contributed by atoms with Gasteiger partial charge in [0.25, 0.3) is 5.56 Å². The number of benzene rings is 2. The third kappa shape index (κ3) is 3.24. The van der Waals surface area contributed by atoms with Crippen molar-refractivity contribution in [2.24, 2.45) is 7.05 Å². The number of aromatic nitrogens is 5. The number of hydrogen-bond donors (Lipinski definition) is 1. The van der Waals surface area contributed by atoms with Crippen LogP contribution in [0.1, 0.15) is 12.0 Å². The van der Waals surface area contributed by atoms with Crippen molar-refractivity contribution in [3.8, 4) is 22.7 Å². The van der Waals surface area contributed by atoms with E-state index in [1.54, 1.807) is 18.6 Å². The number of hydrogen-bond acceptors (Lipinski definition) is 5. The van der Waals surface area contributed by atoms with Gasteiger partial charge in [-0.25, -0.2) is 4.79 Å². The Labute approximate surface area is 194 Å². The van der Waals surface area contributed by atoms with Crippen molar-refractivity contribution in [3.05, 3.63) is 81.1 Å². The number of aliphatic hydroxyl groups excluding tert-OH is 1. The first-order valence-corrected chi connectivity index (χ1v) is 11.0. The Morgan fingerprint density at radius 1 is 1.09 bits per heavy atom. The molecule has 0 saturated carbocycles. The lowest BCUT2D eigenvalue weighted by Crippen LogP contribution is -2.39. The predicted molar refractivity (Wildman–Crippen MR) is 130 cm³/mol. The molecule has 5 aromatic rings. The molecule has 2 aromatic carbocycles. The van der Waals surface area contributed by atoms with Gasteiger partial charge in [0.1, 0.15) is 5.75 Å². The molecule has 174 valence electrons. The van der Waals surface area contributed by atoms with Crippen LogP contribution < -0.4 is 16.0 Å². The smallest absolute Gasteiger partial charge is 0.332 e. The molecule has 5 rings (SSSR count). The van der Waals surface area contributed by atoms with Crippen LogP contribution in [0.25, 0.3) is 33.9 Å². The van der Waals surface area contributed by atoms with Crippen LogP contribution in [-0.2, 0) is 13.6 Å². The summed E-state index contributed by atoms with van der Waals surface area (Å²) in [5.41, 5.74) is 3.28. The largest absolute Gasteiger partial charge is 0.495 e. The molecule has 0 unspecified atom stereocenters. The zero-order chi connectivity index (χ0) is 24.0. The highest BCUT2D eigenvalue weighted by molar-refractivity contribution is 5.80. The molecular formula is C25H25N5O4. The van der Waals surface area contributed by atoms with E-state index in [0.29, 0.717) is 29.1 Å². The summed E-state index contributed by atoms with van der Waals surface area (Å²) in [6.45, 7) is 2.01. The third-order valence-corrected chi connectivity index (χ3v) is 6.03. The Balaban J connectivity index is 1.94. The second-order valence-corrected chi connectivity index (χ2v) is 8.22. The van der Waals surface area contributed by atoms with Gasteiger partial charge in [-0.2, -0.15) is 4.98 Å². The lowest BCUT2D eigenvalue weighted by atomic mass is 10.1. The van der Waals surface area contributed by atoms with Crippen molar-refractivity contribution in [2.75, 3.05) is 13.7 Å². The molecule has 0 aliphatic rings. The average Bonchev–Trinajstić information content (AvgIpc) is 3.39. The Morgan fingerprint density at radius 2 is 1.85 bits per heavy atom. The van der Waals surface area contributed by atoms with Crippen LogP contribution in [0.3, 0.4) is 0 Å². The van der Waals surface area contributed by atoms with E-state index in [0.717, 1.165) is 27.1 Å². The summed E-state index contributed by atoms with van der Waals surface area (Å²) in [5.74, 6) is 1.15. The molecule has 0 aliphatic heterocycles. The lowest BCUT2D eigenvalue weighted by molar-refractivity contribution is 0.277. The zero-order valence-corrected chi connectivity index (χ0v) is 19.2. The van der Waals surface area contributed by atoms with E-state index in [4.69, 9.17) is 9.72 Å². The predicted octanol–water partition coefficient (Wildman–Crippen LogP) is 2.51. The number of aliphatic hydroxyl groups is 1. The molecule has 3 heterocycles. The maximum absolute atomic E-state index is 13.4. The van der Waals surface area contributed by atoms with E-state index in [1.807, 2.05) is 66.2 Å². The fourth-order valence-electron chi connectivity index (χ4n) is 4.35. The second-order valence-electron chi connectivity index (χ2n) is 8.22. The summed E-state index contributed by atoms with van der Waals surface area (Å²) in [4.78, 5) is 31.0. The van der Waals surface area contributed by atoms with Crippen molar-refractivity contribution in [3.63, 3.8) is 0 Å². The van der Waals surface area contributed by atoms with Gasteiger partial charge in [0, 0.05) is 32.0 Å². The van der Waals surface area contributed by atoms with Gasteiger partial charge < -0.3 is 9.84 Å². The number of fused-ring (bicyclic) bond motifs is 3. The molecule has 0 spiro atoms. The molecular weight excluding hydrogens is 434 g/mol. The number of rotatable bonds is 6. The number of ether oxygens (including phenoxy) is 1. The maximum atomic E-state index is 13.4. The maximum Gasteiger partial charge on any atom is 0.332 e. The van der Waals surface area contributed by atoms with Crippen molar-refractivity contribution in [1.29, 1.82) is 0 Å². The van der Waals surface area contributed by atoms with Gasteiger partial charge >= 0.3 is 5.69 Å². The molecule has 0 bridgehead atoms. The summed E-state index contributed by atoms with van der Waals surface area (Å²) in [5, 5.41) is 9.23. The minimum absolute atomic E-state index is 0.114. The van der Waals surface area contributed by atoms with Crippen molar-refractivity contribution < 1.29 is 9.84 Å². The summed E-state index contributed by atoms with van der Waals surface area (Å²) in [7, 11) is 3.21. The highest BCUT2D eigenvalue weighted by atomic mass is 16.5. The third-order valence-electron chi connectivity index (χ3n) is 6.03. The highest BCUT2D eigenvalue weighted by Gasteiger charge is 2.23. The molecule has 0 aliphatic carbocycles. The van der Waals surface area contributed by atoms with Gasteiger partial charge in [-0.05, 0) is 31.0 Å². The first-order valence-electron chi connectivity index (χ1n) is 11.0. The van der Waals surface area contributed by atoms with Crippen LogP contribution in [0, 0.1) is 6.92 Å². The van der Waals surface area contributed by atoms with Gasteiger partial charge in [0.15, 0.2) is 11.2 Å².